The van der Waals surface area contributed by atoms with E-state index < -0.39 is 10.0 Å². The first-order valence-electron chi connectivity index (χ1n) is 6.76. The van der Waals surface area contributed by atoms with Gasteiger partial charge in [0.05, 0.1) is 4.90 Å². The second-order valence-corrected chi connectivity index (χ2v) is 6.50. The lowest BCUT2D eigenvalue weighted by atomic mass is 10.1. The van der Waals surface area contributed by atoms with Gasteiger partial charge in [0.1, 0.15) is 0 Å². The predicted octanol–water partition coefficient (Wildman–Crippen LogP) is 2.31. The minimum absolute atomic E-state index is 0.00332. The molecule has 0 fully saturated rings. The van der Waals surface area contributed by atoms with Crippen molar-refractivity contribution in [3.8, 4) is 0 Å². The SMILES string of the molecule is CCCC(CC)NS(=O)(=O)c1ccc(CN)cc1C. The Hall–Kier alpha value is -0.910. The van der Waals surface area contributed by atoms with E-state index in [4.69, 9.17) is 5.73 Å². The Morgan fingerprint density at radius 2 is 2.00 bits per heavy atom. The molecule has 0 radical (unpaired) electrons. The molecule has 0 saturated carbocycles. The van der Waals surface area contributed by atoms with Crippen molar-refractivity contribution in [2.75, 3.05) is 0 Å². The van der Waals surface area contributed by atoms with Crippen LogP contribution >= 0.6 is 0 Å². The summed E-state index contributed by atoms with van der Waals surface area (Å²) in [5.74, 6) is 0. The van der Waals surface area contributed by atoms with Crippen LogP contribution in [-0.4, -0.2) is 14.5 Å². The molecular weight excluding hydrogens is 260 g/mol. The van der Waals surface area contributed by atoms with Crippen molar-refractivity contribution in [2.45, 2.75) is 57.5 Å². The van der Waals surface area contributed by atoms with E-state index in [-0.39, 0.29) is 6.04 Å². The average Bonchev–Trinajstić information content (AvgIpc) is 2.37. The van der Waals surface area contributed by atoms with E-state index in [2.05, 4.69) is 11.6 Å². The molecule has 0 amide bonds. The van der Waals surface area contributed by atoms with E-state index in [0.717, 1.165) is 30.4 Å². The van der Waals surface area contributed by atoms with Crippen LogP contribution in [0.5, 0.6) is 0 Å². The maximum atomic E-state index is 12.4. The number of aryl methyl sites for hydroxylation is 1. The van der Waals surface area contributed by atoms with Gasteiger partial charge in [-0.2, -0.15) is 0 Å². The summed E-state index contributed by atoms with van der Waals surface area (Å²) in [6, 6.07) is 5.24. The highest BCUT2D eigenvalue weighted by atomic mass is 32.2. The molecule has 4 nitrogen and oxygen atoms in total. The highest BCUT2D eigenvalue weighted by Crippen LogP contribution is 2.18. The summed E-state index contributed by atoms with van der Waals surface area (Å²) in [5, 5.41) is 0. The predicted molar refractivity (Wildman–Crippen MR) is 78.4 cm³/mol. The Kier molecular flexibility index (Phi) is 5.97. The van der Waals surface area contributed by atoms with Crippen molar-refractivity contribution < 1.29 is 8.42 Å². The zero-order valence-corrected chi connectivity index (χ0v) is 12.8. The first-order chi connectivity index (χ1) is 8.94. The van der Waals surface area contributed by atoms with Crippen molar-refractivity contribution in [3.63, 3.8) is 0 Å². The van der Waals surface area contributed by atoms with Crippen molar-refractivity contribution in [2.24, 2.45) is 5.73 Å². The molecule has 1 atom stereocenters. The van der Waals surface area contributed by atoms with Crippen LogP contribution in [0.4, 0.5) is 0 Å². The summed E-state index contributed by atoms with van der Waals surface area (Å²) in [7, 11) is -3.44. The van der Waals surface area contributed by atoms with Crippen LogP contribution in [0.3, 0.4) is 0 Å². The molecule has 108 valence electrons. The molecule has 3 N–H and O–H groups in total. The van der Waals surface area contributed by atoms with Crippen molar-refractivity contribution in [1.82, 2.24) is 4.72 Å². The minimum atomic E-state index is -3.44. The maximum Gasteiger partial charge on any atom is 0.241 e. The molecule has 1 unspecified atom stereocenters. The van der Waals surface area contributed by atoms with Crippen LogP contribution in [0.15, 0.2) is 23.1 Å². The smallest absolute Gasteiger partial charge is 0.241 e. The van der Waals surface area contributed by atoms with Gasteiger partial charge >= 0.3 is 0 Å². The molecule has 0 aliphatic carbocycles. The lowest BCUT2D eigenvalue weighted by molar-refractivity contribution is 0.512. The van der Waals surface area contributed by atoms with Gasteiger partial charge in [0.25, 0.3) is 0 Å². The fourth-order valence-electron chi connectivity index (χ4n) is 2.12. The summed E-state index contributed by atoms with van der Waals surface area (Å²) in [5.41, 5.74) is 7.23. The highest BCUT2D eigenvalue weighted by molar-refractivity contribution is 7.89. The summed E-state index contributed by atoms with van der Waals surface area (Å²) < 4.78 is 27.5. The first-order valence-corrected chi connectivity index (χ1v) is 8.24. The normalized spacial score (nSPS) is 13.5. The lowest BCUT2D eigenvalue weighted by Gasteiger charge is -2.17. The number of sulfonamides is 1. The number of hydrogen-bond donors (Lipinski definition) is 2. The molecule has 0 bridgehead atoms. The number of nitrogens with two attached hydrogens (primary N) is 1. The van der Waals surface area contributed by atoms with E-state index in [9.17, 15) is 8.42 Å². The third-order valence-electron chi connectivity index (χ3n) is 3.22. The molecular formula is C14H24N2O2S. The molecule has 5 heteroatoms. The van der Waals surface area contributed by atoms with Gasteiger partial charge in [0, 0.05) is 12.6 Å². The Bertz CT molecular complexity index is 512. The van der Waals surface area contributed by atoms with E-state index in [1.54, 1.807) is 19.1 Å². The fraction of sp³-hybridized carbons (Fsp3) is 0.571. The molecule has 1 aromatic carbocycles. The van der Waals surface area contributed by atoms with E-state index >= 15 is 0 Å². The lowest BCUT2D eigenvalue weighted by Crippen LogP contribution is -2.34. The molecule has 0 saturated heterocycles. The largest absolute Gasteiger partial charge is 0.326 e. The second kappa shape index (κ2) is 7.03. The monoisotopic (exact) mass is 284 g/mol. The third kappa shape index (κ3) is 4.30. The van der Waals surface area contributed by atoms with Crippen molar-refractivity contribution in [1.29, 1.82) is 0 Å². The van der Waals surface area contributed by atoms with Gasteiger partial charge < -0.3 is 5.73 Å². The summed E-state index contributed by atoms with van der Waals surface area (Å²) in [6.07, 6.45) is 2.62. The van der Waals surface area contributed by atoms with Crippen LogP contribution in [-0.2, 0) is 16.6 Å². The van der Waals surface area contributed by atoms with Crippen LogP contribution in [0.2, 0.25) is 0 Å². The Labute approximate surface area is 116 Å². The van der Waals surface area contributed by atoms with Gasteiger partial charge in [-0.3, -0.25) is 0 Å². The zero-order chi connectivity index (χ0) is 14.5. The molecule has 0 heterocycles. The Balaban J connectivity index is 3.00. The number of rotatable bonds is 7. The van der Waals surface area contributed by atoms with Gasteiger partial charge in [-0.15, -0.1) is 0 Å². The summed E-state index contributed by atoms with van der Waals surface area (Å²) >= 11 is 0. The van der Waals surface area contributed by atoms with Crippen LogP contribution in [0.1, 0.15) is 44.2 Å². The molecule has 0 spiro atoms. The molecule has 1 rings (SSSR count). The van der Waals surface area contributed by atoms with Gasteiger partial charge in [0.2, 0.25) is 10.0 Å². The molecule has 0 aliphatic rings. The molecule has 0 aromatic heterocycles. The van der Waals surface area contributed by atoms with Gasteiger partial charge in [-0.25, -0.2) is 13.1 Å². The second-order valence-electron chi connectivity index (χ2n) is 4.82. The topological polar surface area (TPSA) is 72.2 Å². The van der Waals surface area contributed by atoms with Crippen molar-refractivity contribution >= 4 is 10.0 Å². The molecule has 1 aromatic rings. The zero-order valence-electron chi connectivity index (χ0n) is 11.9. The van der Waals surface area contributed by atoms with Gasteiger partial charge in [-0.05, 0) is 37.0 Å². The van der Waals surface area contributed by atoms with E-state index in [1.165, 1.54) is 0 Å². The van der Waals surface area contributed by atoms with Crippen LogP contribution in [0, 0.1) is 6.92 Å². The third-order valence-corrected chi connectivity index (χ3v) is 4.90. The quantitative estimate of drug-likeness (QED) is 0.807. The molecule has 0 aliphatic heterocycles. The van der Waals surface area contributed by atoms with Gasteiger partial charge in [-0.1, -0.05) is 32.4 Å². The highest BCUT2D eigenvalue weighted by Gasteiger charge is 2.20. The van der Waals surface area contributed by atoms with E-state index in [0.29, 0.717) is 11.4 Å². The van der Waals surface area contributed by atoms with Gasteiger partial charge in [0.15, 0.2) is 0 Å². The Morgan fingerprint density at radius 1 is 1.32 bits per heavy atom. The first kappa shape index (κ1) is 16.1. The van der Waals surface area contributed by atoms with Crippen LogP contribution < -0.4 is 10.5 Å². The fourth-order valence-corrected chi connectivity index (χ4v) is 3.70. The maximum absolute atomic E-state index is 12.4. The average molecular weight is 284 g/mol. The number of hydrogen-bond acceptors (Lipinski definition) is 3. The Morgan fingerprint density at radius 3 is 2.47 bits per heavy atom. The molecule has 19 heavy (non-hydrogen) atoms. The minimum Gasteiger partial charge on any atom is -0.326 e. The van der Waals surface area contributed by atoms with E-state index in [1.807, 2.05) is 13.0 Å². The number of nitrogens with one attached hydrogen (secondary N) is 1. The van der Waals surface area contributed by atoms with Crippen LogP contribution in [0.25, 0.3) is 0 Å². The van der Waals surface area contributed by atoms with Crippen molar-refractivity contribution in [3.05, 3.63) is 29.3 Å². The number of benzene rings is 1. The summed E-state index contributed by atoms with van der Waals surface area (Å²) in [6.45, 7) is 6.27. The standard InChI is InChI=1S/C14H24N2O2S/c1-4-6-13(5-2)16-19(17,18)14-8-7-12(10-15)9-11(14)3/h7-9,13,16H,4-6,10,15H2,1-3H3. The summed E-state index contributed by atoms with van der Waals surface area (Å²) in [4.78, 5) is 0.347.